The van der Waals surface area contributed by atoms with E-state index in [0.717, 1.165) is 18.5 Å². The molecule has 0 saturated carbocycles. The lowest BCUT2D eigenvalue weighted by Gasteiger charge is -2.11. The van der Waals surface area contributed by atoms with Gasteiger partial charge in [0.2, 0.25) is 0 Å². The highest BCUT2D eigenvalue weighted by atomic mass is 35.5. The predicted octanol–water partition coefficient (Wildman–Crippen LogP) is 4.02. The summed E-state index contributed by atoms with van der Waals surface area (Å²) in [5.41, 5.74) is 2.02. The Hall–Kier alpha value is -0.770. The minimum atomic E-state index is -0.283. The molecule has 0 spiro atoms. The van der Waals surface area contributed by atoms with Crippen LogP contribution in [0.1, 0.15) is 18.9 Å². The third-order valence-corrected chi connectivity index (χ3v) is 2.84. The molecule has 18 heavy (non-hydrogen) atoms. The number of rotatable bonds is 7. The van der Waals surface area contributed by atoms with Crippen molar-refractivity contribution in [3.8, 4) is 5.75 Å². The van der Waals surface area contributed by atoms with Gasteiger partial charge in [-0.25, -0.2) is 4.39 Å². The highest BCUT2D eigenvalue weighted by Gasteiger charge is 2.06. The molecule has 1 aromatic carbocycles. The number of halogens is 3. The second kappa shape index (κ2) is 8.35. The van der Waals surface area contributed by atoms with E-state index in [9.17, 15) is 4.39 Å². The van der Waals surface area contributed by atoms with Crippen molar-refractivity contribution in [2.45, 2.75) is 19.9 Å². The molecule has 0 aliphatic carbocycles. The van der Waals surface area contributed by atoms with Crippen molar-refractivity contribution in [1.82, 2.24) is 5.32 Å². The Morgan fingerprint density at radius 3 is 2.94 bits per heavy atom. The molecule has 0 amide bonds. The summed E-state index contributed by atoms with van der Waals surface area (Å²) in [6, 6.07) is 4.41. The molecule has 0 atom stereocenters. The third-order valence-electron chi connectivity index (χ3n) is 2.25. The molecule has 0 aliphatic heterocycles. The number of hydrogen-bond donors (Lipinski definition) is 1. The average Bonchev–Trinajstić information content (AvgIpc) is 2.37. The maximum Gasteiger partial charge on any atom is 0.125 e. The monoisotopic (exact) mass is 291 g/mol. The fourth-order valence-electron chi connectivity index (χ4n) is 1.41. The van der Waals surface area contributed by atoms with Gasteiger partial charge in [0.25, 0.3) is 0 Å². The summed E-state index contributed by atoms with van der Waals surface area (Å²) in [5, 5.41) is 3.60. The van der Waals surface area contributed by atoms with E-state index < -0.39 is 0 Å². The molecule has 1 N–H and O–H groups in total. The Morgan fingerprint density at radius 2 is 2.28 bits per heavy atom. The summed E-state index contributed by atoms with van der Waals surface area (Å²) in [6.07, 6.45) is 1.02. The molecule has 1 aromatic rings. The number of benzene rings is 1. The van der Waals surface area contributed by atoms with E-state index in [0.29, 0.717) is 17.3 Å². The van der Waals surface area contributed by atoms with Gasteiger partial charge in [-0.2, -0.15) is 0 Å². The number of nitrogens with one attached hydrogen (secondary N) is 1. The molecule has 5 heteroatoms. The summed E-state index contributed by atoms with van der Waals surface area (Å²) in [7, 11) is 0. The first kappa shape index (κ1) is 15.3. The van der Waals surface area contributed by atoms with Gasteiger partial charge in [-0.05, 0) is 31.2 Å². The average molecular weight is 292 g/mol. The lowest BCUT2D eigenvalue weighted by atomic mass is 10.2. The molecule has 0 fully saturated rings. The molecular formula is C13H16Cl2FNO. The van der Waals surface area contributed by atoms with Crippen LogP contribution in [0.25, 0.3) is 0 Å². The number of ether oxygens (including phenoxy) is 1. The zero-order valence-corrected chi connectivity index (χ0v) is 11.7. The Kier molecular flexibility index (Phi) is 7.09. The largest absolute Gasteiger partial charge is 0.488 e. The van der Waals surface area contributed by atoms with Gasteiger partial charge in [-0.3, -0.25) is 0 Å². The standard InChI is InChI=1S/C13H16Cl2FNO/c1-2-5-17-8-10-6-12(16)3-4-13(10)18-9-11(15)7-14/h3-4,6-7,17H,2,5,8-9H2,1H3/b11-7-. The second-order valence-electron chi connectivity index (χ2n) is 3.77. The van der Waals surface area contributed by atoms with Crippen LogP contribution in [0.15, 0.2) is 28.8 Å². The van der Waals surface area contributed by atoms with Crippen LogP contribution in [-0.4, -0.2) is 13.2 Å². The Balaban J connectivity index is 2.69. The molecule has 0 bridgehead atoms. The predicted molar refractivity (Wildman–Crippen MR) is 73.7 cm³/mol. The van der Waals surface area contributed by atoms with Crippen LogP contribution in [0, 0.1) is 5.82 Å². The summed E-state index contributed by atoms with van der Waals surface area (Å²) >= 11 is 11.2. The lowest BCUT2D eigenvalue weighted by Crippen LogP contribution is -2.15. The van der Waals surface area contributed by atoms with Crippen molar-refractivity contribution in [2.75, 3.05) is 13.2 Å². The van der Waals surface area contributed by atoms with E-state index >= 15 is 0 Å². The highest BCUT2D eigenvalue weighted by Crippen LogP contribution is 2.21. The first-order valence-electron chi connectivity index (χ1n) is 5.74. The smallest absolute Gasteiger partial charge is 0.125 e. The quantitative estimate of drug-likeness (QED) is 0.766. The Labute approximate surface area is 117 Å². The zero-order valence-electron chi connectivity index (χ0n) is 10.2. The van der Waals surface area contributed by atoms with E-state index in [2.05, 4.69) is 12.2 Å². The van der Waals surface area contributed by atoms with Crippen molar-refractivity contribution < 1.29 is 9.13 Å². The maximum atomic E-state index is 13.2. The van der Waals surface area contributed by atoms with Crippen LogP contribution in [0.4, 0.5) is 4.39 Å². The van der Waals surface area contributed by atoms with Crippen molar-refractivity contribution in [2.24, 2.45) is 0 Å². The van der Waals surface area contributed by atoms with Crippen LogP contribution >= 0.6 is 23.2 Å². The minimum Gasteiger partial charge on any atom is -0.488 e. The Morgan fingerprint density at radius 1 is 1.50 bits per heavy atom. The van der Waals surface area contributed by atoms with Crippen molar-refractivity contribution in [3.63, 3.8) is 0 Å². The minimum absolute atomic E-state index is 0.178. The van der Waals surface area contributed by atoms with Crippen LogP contribution in [0.5, 0.6) is 5.75 Å². The molecule has 0 aromatic heterocycles. The molecular weight excluding hydrogens is 276 g/mol. The third kappa shape index (κ3) is 5.25. The van der Waals surface area contributed by atoms with Crippen LogP contribution in [0.3, 0.4) is 0 Å². The second-order valence-corrected chi connectivity index (χ2v) is 4.48. The molecule has 0 aliphatic rings. The fourth-order valence-corrected chi connectivity index (χ4v) is 1.52. The van der Waals surface area contributed by atoms with Gasteiger partial charge in [0, 0.05) is 17.6 Å². The Bertz CT molecular complexity index is 410. The normalized spacial score (nSPS) is 11.7. The van der Waals surface area contributed by atoms with Gasteiger partial charge < -0.3 is 10.1 Å². The van der Waals surface area contributed by atoms with E-state index in [1.54, 1.807) is 6.07 Å². The SMILES string of the molecule is CCCNCc1cc(F)ccc1OC/C(Cl)=C/Cl. The maximum absolute atomic E-state index is 13.2. The van der Waals surface area contributed by atoms with Gasteiger partial charge in [0.05, 0.1) is 5.03 Å². The molecule has 0 saturated heterocycles. The van der Waals surface area contributed by atoms with Crippen molar-refractivity contribution in [3.05, 3.63) is 40.1 Å². The van der Waals surface area contributed by atoms with Crippen molar-refractivity contribution >= 4 is 23.2 Å². The van der Waals surface area contributed by atoms with Gasteiger partial charge >= 0.3 is 0 Å². The highest BCUT2D eigenvalue weighted by molar-refractivity contribution is 6.36. The van der Waals surface area contributed by atoms with E-state index in [1.165, 1.54) is 17.7 Å². The number of hydrogen-bond acceptors (Lipinski definition) is 2. The molecule has 1 rings (SSSR count). The summed E-state index contributed by atoms with van der Waals surface area (Å²) in [5.74, 6) is 0.325. The zero-order chi connectivity index (χ0) is 13.4. The van der Waals surface area contributed by atoms with Crippen molar-refractivity contribution in [1.29, 1.82) is 0 Å². The fraction of sp³-hybridized carbons (Fsp3) is 0.385. The summed E-state index contributed by atoms with van der Waals surface area (Å²) in [4.78, 5) is 0. The summed E-state index contributed by atoms with van der Waals surface area (Å²) in [6.45, 7) is 3.68. The van der Waals surface area contributed by atoms with Gasteiger partial charge in [-0.15, -0.1) is 0 Å². The van der Waals surface area contributed by atoms with E-state index in [4.69, 9.17) is 27.9 Å². The van der Waals surface area contributed by atoms with Gasteiger partial charge in [-0.1, -0.05) is 30.1 Å². The molecule has 0 unspecified atom stereocenters. The topological polar surface area (TPSA) is 21.3 Å². The molecule has 2 nitrogen and oxygen atoms in total. The first-order chi connectivity index (χ1) is 8.67. The van der Waals surface area contributed by atoms with E-state index in [1.807, 2.05) is 0 Å². The van der Waals surface area contributed by atoms with Gasteiger partial charge in [0.1, 0.15) is 18.2 Å². The molecule has 0 radical (unpaired) electrons. The lowest BCUT2D eigenvalue weighted by molar-refractivity contribution is 0.353. The first-order valence-corrected chi connectivity index (χ1v) is 6.55. The van der Waals surface area contributed by atoms with E-state index in [-0.39, 0.29) is 12.4 Å². The molecule has 100 valence electrons. The summed E-state index contributed by atoms with van der Waals surface area (Å²) < 4.78 is 18.7. The van der Waals surface area contributed by atoms with Gasteiger partial charge in [0.15, 0.2) is 0 Å². The van der Waals surface area contributed by atoms with Crippen LogP contribution in [0.2, 0.25) is 0 Å². The van der Waals surface area contributed by atoms with Crippen LogP contribution in [-0.2, 0) is 6.54 Å². The van der Waals surface area contributed by atoms with Crippen LogP contribution < -0.4 is 10.1 Å². The molecule has 0 heterocycles.